The van der Waals surface area contributed by atoms with Gasteiger partial charge in [-0.2, -0.15) is 4.31 Å². The van der Waals surface area contributed by atoms with Crippen LogP contribution >= 0.6 is 11.6 Å². The van der Waals surface area contributed by atoms with E-state index in [2.05, 4.69) is 6.92 Å². The maximum atomic E-state index is 12.9. The summed E-state index contributed by atoms with van der Waals surface area (Å²) >= 11 is 5.88. The number of methoxy groups -OCH3 is 1. The highest BCUT2D eigenvalue weighted by molar-refractivity contribution is 7.89. The summed E-state index contributed by atoms with van der Waals surface area (Å²) in [7, 11) is -1.93. The molecule has 1 aromatic rings. The van der Waals surface area contributed by atoms with Crippen molar-refractivity contribution >= 4 is 21.6 Å². The van der Waals surface area contributed by atoms with Gasteiger partial charge in [0, 0.05) is 18.2 Å². The molecule has 6 heteroatoms. The number of halogens is 1. The van der Waals surface area contributed by atoms with Crippen molar-refractivity contribution in [2.45, 2.75) is 43.5 Å². The van der Waals surface area contributed by atoms with Gasteiger partial charge in [0.1, 0.15) is 5.75 Å². The van der Waals surface area contributed by atoms with Crippen molar-refractivity contribution in [3.63, 3.8) is 0 Å². The molecule has 2 rings (SSSR count). The van der Waals surface area contributed by atoms with Crippen molar-refractivity contribution in [2.24, 2.45) is 5.92 Å². The van der Waals surface area contributed by atoms with Crippen LogP contribution in [0.3, 0.4) is 0 Å². The molecular weight excluding hydrogens is 310 g/mol. The van der Waals surface area contributed by atoms with Crippen LogP contribution in [0.15, 0.2) is 23.1 Å². The molecule has 0 aliphatic carbocycles. The molecule has 0 saturated carbocycles. The summed E-state index contributed by atoms with van der Waals surface area (Å²) in [5, 5.41) is 0. The monoisotopic (exact) mass is 331 g/mol. The van der Waals surface area contributed by atoms with E-state index in [1.54, 1.807) is 29.6 Å². The van der Waals surface area contributed by atoms with E-state index in [0.717, 1.165) is 12.8 Å². The fourth-order valence-electron chi connectivity index (χ4n) is 2.74. The predicted octanol–water partition coefficient (Wildman–Crippen LogP) is 3.24. The average Bonchev–Trinajstić information content (AvgIpc) is 2.48. The molecule has 118 valence electrons. The molecule has 2 atom stereocenters. The molecule has 1 aliphatic heterocycles. The minimum absolute atomic E-state index is 0.0350. The molecule has 1 aliphatic rings. The van der Waals surface area contributed by atoms with Crippen LogP contribution in [-0.4, -0.2) is 32.4 Å². The maximum absolute atomic E-state index is 12.9. The first kappa shape index (κ1) is 16.6. The van der Waals surface area contributed by atoms with Crippen molar-refractivity contribution in [1.82, 2.24) is 4.31 Å². The van der Waals surface area contributed by atoms with Gasteiger partial charge in [-0.15, -0.1) is 11.6 Å². The van der Waals surface area contributed by atoms with E-state index in [4.69, 9.17) is 16.3 Å². The molecule has 1 fully saturated rings. The Hall–Kier alpha value is -0.780. The molecule has 1 saturated heterocycles. The Morgan fingerprint density at radius 3 is 2.67 bits per heavy atom. The molecule has 0 aromatic heterocycles. The highest BCUT2D eigenvalue weighted by Crippen LogP contribution is 2.30. The molecule has 1 aromatic carbocycles. The van der Waals surface area contributed by atoms with E-state index in [-0.39, 0.29) is 11.9 Å². The summed E-state index contributed by atoms with van der Waals surface area (Å²) in [4.78, 5) is 0.292. The number of sulfonamides is 1. The second-order valence-electron chi connectivity index (χ2n) is 5.71. The molecule has 2 unspecified atom stereocenters. The molecule has 0 radical (unpaired) electrons. The van der Waals surface area contributed by atoms with Crippen LogP contribution < -0.4 is 4.74 Å². The Morgan fingerprint density at radius 1 is 1.33 bits per heavy atom. The number of rotatable bonds is 4. The van der Waals surface area contributed by atoms with Crippen LogP contribution in [0, 0.1) is 5.92 Å². The van der Waals surface area contributed by atoms with E-state index in [1.165, 1.54) is 0 Å². The summed E-state index contributed by atoms with van der Waals surface area (Å²) in [6.45, 7) is 4.63. The lowest BCUT2D eigenvalue weighted by atomic mass is 9.97. The van der Waals surface area contributed by atoms with Crippen LogP contribution in [0.2, 0.25) is 0 Å². The number of hydrogen-bond donors (Lipinski definition) is 0. The number of piperidine rings is 1. The highest BCUT2D eigenvalue weighted by atomic mass is 35.5. The number of benzene rings is 1. The lowest BCUT2D eigenvalue weighted by Crippen LogP contribution is -2.44. The van der Waals surface area contributed by atoms with Crippen LogP contribution in [0.25, 0.3) is 0 Å². The summed E-state index contributed by atoms with van der Waals surface area (Å²) in [5.41, 5.74) is 0.693. The van der Waals surface area contributed by atoms with Crippen molar-refractivity contribution in [3.05, 3.63) is 23.8 Å². The minimum atomic E-state index is -3.48. The van der Waals surface area contributed by atoms with E-state index < -0.39 is 10.0 Å². The second-order valence-corrected chi connectivity index (χ2v) is 7.87. The van der Waals surface area contributed by atoms with Crippen LogP contribution in [-0.2, 0) is 15.9 Å². The van der Waals surface area contributed by atoms with Gasteiger partial charge in [0.25, 0.3) is 0 Å². The van der Waals surface area contributed by atoms with Gasteiger partial charge in [-0.25, -0.2) is 8.42 Å². The van der Waals surface area contributed by atoms with Crippen molar-refractivity contribution in [2.75, 3.05) is 13.7 Å². The predicted molar refractivity (Wildman–Crippen MR) is 84.3 cm³/mol. The summed E-state index contributed by atoms with van der Waals surface area (Å²) in [6, 6.07) is 4.92. The zero-order valence-corrected chi connectivity index (χ0v) is 14.2. The lowest BCUT2D eigenvalue weighted by Gasteiger charge is -2.35. The van der Waals surface area contributed by atoms with Gasteiger partial charge in [0.15, 0.2) is 0 Å². The van der Waals surface area contributed by atoms with Gasteiger partial charge in [-0.05, 0) is 43.9 Å². The standard InChI is InChI=1S/C15H22ClNO3S/c1-11-4-5-12(2)17(10-11)21(18,19)14-6-7-15(20-3)13(8-14)9-16/h6-8,11-12H,4-5,9-10H2,1-3H3. The number of ether oxygens (including phenoxy) is 1. The molecular formula is C15H22ClNO3S. The van der Waals surface area contributed by atoms with Crippen LogP contribution in [0.1, 0.15) is 32.3 Å². The van der Waals surface area contributed by atoms with Crippen molar-refractivity contribution < 1.29 is 13.2 Å². The van der Waals surface area contributed by atoms with Gasteiger partial charge in [0.2, 0.25) is 10.0 Å². The van der Waals surface area contributed by atoms with Gasteiger partial charge in [-0.3, -0.25) is 0 Å². The van der Waals surface area contributed by atoms with Gasteiger partial charge < -0.3 is 4.74 Å². The van der Waals surface area contributed by atoms with Gasteiger partial charge >= 0.3 is 0 Å². The summed E-state index contributed by atoms with van der Waals surface area (Å²) < 4.78 is 32.5. The molecule has 0 bridgehead atoms. The fraction of sp³-hybridized carbons (Fsp3) is 0.600. The smallest absolute Gasteiger partial charge is 0.243 e. The Kier molecular flexibility index (Phi) is 5.17. The zero-order chi connectivity index (χ0) is 15.6. The third-order valence-corrected chi connectivity index (χ3v) is 6.33. The number of hydrogen-bond acceptors (Lipinski definition) is 3. The Morgan fingerprint density at radius 2 is 2.05 bits per heavy atom. The van der Waals surface area contributed by atoms with E-state index in [1.807, 2.05) is 6.92 Å². The quantitative estimate of drug-likeness (QED) is 0.796. The SMILES string of the molecule is COc1ccc(S(=O)(=O)N2CC(C)CCC2C)cc1CCl. The normalized spacial score (nSPS) is 24.0. The number of alkyl halides is 1. The van der Waals surface area contributed by atoms with Crippen LogP contribution in [0.4, 0.5) is 0 Å². The average molecular weight is 332 g/mol. The van der Waals surface area contributed by atoms with Crippen molar-refractivity contribution in [1.29, 1.82) is 0 Å². The number of nitrogens with zero attached hydrogens (tertiary/aromatic N) is 1. The second kappa shape index (κ2) is 6.55. The molecule has 0 spiro atoms. The molecule has 4 nitrogen and oxygen atoms in total. The van der Waals surface area contributed by atoms with E-state index in [9.17, 15) is 8.42 Å². The third kappa shape index (κ3) is 3.35. The first-order valence-corrected chi connectivity index (χ1v) is 9.12. The summed E-state index contributed by atoms with van der Waals surface area (Å²) in [5.74, 6) is 1.23. The molecule has 1 heterocycles. The van der Waals surface area contributed by atoms with E-state index in [0.29, 0.717) is 28.7 Å². The Labute approximate surface area is 132 Å². The van der Waals surface area contributed by atoms with E-state index >= 15 is 0 Å². The maximum Gasteiger partial charge on any atom is 0.243 e. The first-order valence-electron chi connectivity index (χ1n) is 7.15. The lowest BCUT2D eigenvalue weighted by molar-refractivity contribution is 0.218. The first-order chi connectivity index (χ1) is 9.90. The molecule has 0 amide bonds. The third-order valence-electron chi connectivity index (χ3n) is 4.06. The van der Waals surface area contributed by atoms with Crippen molar-refractivity contribution in [3.8, 4) is 5.75 Å². The molecule has 0 N–H and O–H groups in total. The molecule has 21 heavy (non-hydrogen) atoms. The van der Waals surface area contributed by atoms with Crippen LogP contribution in [0.5, 0.6) is 5.75 Å². The Balaban J connectivity index is 2.39. The largest absolute Gasteiger partial charge is 0.496 e. The highest BCUT2D eigenvalue weighted by Gasteiger charge is 2.33. The van der Waals surface area contributed by atoms with Gasteiger partial charge in [-0.1, -0.05) is 6.92 Å². The van der Waals surface area contributed by atoms with Gasteiger partial charge in [0.05, 0.1) is 17.9 Å². The Bertz CT molecular complexity index is 603. The topological polar surface area (TPSA) is 46.6 Å². The zero-order valence-electron chi connectivity index (χ0n) is 12.7. The summed E-state index contributed by atoms with van der Waals surface area (Å²) in [6.07, 6.45) is 1.97. The minimum Gasteiger partial charge on any atom is -0.496 e. The fourth-order valence-corrected chi connectivity index (χ4v) is 4.78.